The van der Waals surface area contributed by atoms with E-state index in [0.29, 0.717) is 13.2 Å². The predicted molar refractivity (Wildman–Crippen MR) is 64.0 cm³/mol. The Morgan fingerprint density at radius 1 is 1.53 bits per heavy atom. The lowest BCUT2D eigenvalue weighted by molar-refractivity contribution is -0.141. The number of likely N-dealkylation sites (N-methyl/N-ethyl adjacent to an activating group) is 1. The molecule has 17 heavy (non-hydrogen) atoms. The van der Waals surface area contributed by atoms with Crippen LogP contribution in [0, 0.1) is 0 Å². The molecule has 0 aromatic carbocycles. The third-order valence-corrected chi connectivity index (χ3v) is 2.31. The van der Waals surface area contributed by atoms with Gasteiger partial charge >= 0.3 is 5.97 Å². The second-order valence-electron chi connectivity index (χ2n) is 3.49. The zero-order chi connectivity index (χ0) is 12.8. The van der Waals surface area contributed by atoms with Crippen LogP contribution in [0.15, 0.2) is 17.2 Å². The highest BCUT2D eigenvalue weighted by Gasteiger charge is 2.15. The summed E-state index contributed by atoms with van der Waals surface area (Å²) >= 11 is 0. The lowest BCUT2D eigenvalue weighted by Gasteiger charge is -2.20. The quantitative estimate of drug-likeness (QED) is 0.685. The molecule has 0 aliphatic rings. The van der Waals surface area contributed by atoms with E-state index in [1.54, 1.807) is 25.1 Å². The van der Waals surface area contributed by atoms with Crippen LogP contribution in [-0.4, -0.2) is 35.2 Å². The topological polar surface area (TPSA) is 64.4 Å². The number of esters is 1. The molecule has 0 amide bonds. The highest BCUT2D eigenvalue weighted by molar-refractivity contribution is 5.75. The van der Waals surface area contributed by atoms with E-state index in [2.05, 4.69) is 4.98 Å². The molecule has 1 aromatic heterocycles. The minimum atomic E-state index is -0.359. The van der Waals surface area contributed by atoms with E-state index in [-0.39, 0.29) is 23.9 Å². The first kappa shape index (κ1) is 13.2. The van der Waals surface area contributed by atoms with Crippen LogP contribution >= 0.6 is 0 Å². The second-order valence-corrected chi connectivity index (χ2v) is 3.49. The van der Waals surface area contributed by atoms with Crippen molar-refractivity contribution in [3.63, 3.8) is 0 Å². The van der Waals surface area contributed by atoms with Gasteiger partial charge in [-0.05, 0) is 13.8 Å². The van der Waals surface area contributed by atoms with Gasteiger partial charge in [0.1, 0.15) is 6.54 Å². The van der Waals surface area contributed by atoms with E-state index in [4.69, 9.17) is 4.74 Å². The molecule has 1 aromatic rings. The van der Waals surface area contributed by atoms with Gasteiger partial charge < -0.3 is 14.2 Å². The zero-order valence-electron chi connectivity index (χ0n) is 10.3. The van der Waals surface area contributed by atoms with Crippen molar-refractivity contribution in [2.75, 3.05) is 24.6 Å². The minimum absolute atomic E-state index is 0.0383. The molecule has 1 rings (SSSR count). The maximum absolute atomic E-state index is 11.8. The van der Waals surface area contributed by atoms with E-state index in [0.717, 1.165) is 0 Å². The monoisotopic (exact) mass is 239 g/mol. The number of nitrogens with zero attached hydrogens (tertiary/aromatic N) is 3. The average Bonchev–Trinajstić information content (AvgIpc) is 2.30. The fourth-order valence-electron chi connectivity index (χ4n) is 1.40. The van der Waals surface area contributed by atoms with Crippen LogP contribution < -0.4 is 10.5 Å². The number of hydrogen-bond acceptors (Lipinski definition) is 5. The smallest absolute Gasteiger partial charge is 0.325 e. The minimum Gasteiger partial charge on any atom is -0.465 e. The van der Waals surface area contributed by atoms with Gasteiger partial charge in [0, 0.05) is 26.0 Å². The average molecular weight is 239 g/mol. The summed E-state index contributed by atoms with van der Waals surface area (Å²) in [5.41, 5.74) is -0.223. The second kappa shape index (κ2) is 6.03. The highest BCUT2D eigenvalue weighted by atomic mass is 16.5. The Bertz CT molecular complexity index is 442. The normalized spacial score (nSPS) is 10.1. The van der Waals surface area contributed by atoms with Gasteiger partial charge in [0.15, 0.2) is 5.82 Å². The van der Waals surface area contributed by atoms with Crippen molar-refractivity contribution in [1.29, 1.82) is 0 Å². The van der Waals surface area contributed by atoms with Crippen molar-refractivity contribution in [2.45, 2.75) is 13.8 Å². The summed E-state index contributed by atoms with van der Waals surface area (Å²) in [6.07, 6.45) is 3.11. The summed E-state index contributed by atoms with van der Waals surface area (Å²) in [4.78, 5) is 28.8. The summed E-state index contributed by atoms with van der Waals surface area (Å²) in [6, 6.07) is 0. The number of rotatable bonds is 5. The number of aromatic nitrogens is 2. The van der Waals surface area contributed by atoms with E-state index in [1.807, 2.05) is 6.92 Å². The summed E-state index contributed by atoms with van der Waals surface area (Å²) < 4.78 is 6.28. The van der Waals surface area contributed by atoms with Crippen molar-refractivity contribution in [1.82, 2.24) is 9.55 Å². The molecule has 0 atom stereocenters. The van der Waals surface area contributed by atoms with Gasteiger partial charge in [0.2, 0.25) is 0 Å². The van der Waals surface area contributed by atoms with Crippen LogP contribution in [0.25, 0.3) is 0 Å². The Hall–Kier alpha value is -1.85. The van der Waals surface area contributed by atoms with Crippen LogP contribution in [0.4, 0.5) is 5.82 Å². The SMILES string of the molecule is CCOC(=O)CN(CC)c1nccn(C)c1=O. The first-order chi connectivity index (χ1) is 8.10. The van der Waals surface area contributed by atoms with Gasteiger partial charge in [-0.1, -0.05) is 0 Å². The predicted octanol–water partition coefficient (Wildman–Crippen LogP) is 0.170. The third-order valence-electron chi connectivity index (χ3n) is 2.31. The van der Waals surface area contributed by atoms with Gasteiger partial charge in [-0.2, -0.15) is 0 Å². The molecular formula is C11H17N3O3. The van der Waals surface area contributed by atoms with Crippen LogP contribution in [-0.2, 0) is 16.6 Å². The van der Waals surface area contributed by atoms with E-state index < -0.39 is 0 Å². The standard InChI is InChI=1S/C11H17N3O3/c1-4-14(8-9(15)17-5-2)10-11(16)13(3)7-6-12-10/h6-7H,4-5,8H2,1-3H3. The maximum Gasteiger partial charge on any atom is 0.325 e. The van der Waals surface area contributed by atoms with Crippen molar-refractivity contribution in [3.8, 4) is 0 Å². The Labute approximate surface area is 99.8 Å². The molecular weight excluding hydrogens is 222 g/mol. The lowest BCUT2D eigenvalue weighted by atomic mass is 10.4. The highest BCUT2D eigenvalue weighted by Crippen LogP contribution is 2.02. The Balaban J connectivity index is 2.90. The van der Waals surface area contributed by atoms with Crippen molar-refractivity contribution in [3.05, 3.63) is 22.7 Å². The first-order valence-corrected chi connectivity index (χ1v) is 5.52. The van der Waals surface area contributed by atoms with Crippen molar-refractivity contribution in [2.24, 2.45) is 7.05 Å². The Morgan fingerprint density at radius 3 is 2.82 bits per heavy atom. The molecule has 6 nitrogen and oxygen atoms in total. The molecule has 1 heterocycles. The van der Waals surface area contributed by atoms with Gasteiger partial charge in [-0.25, -0.2) is 4.98 Å². The number of carbonyl (C=O) groups excluding carboxylic acids is 1. The van der Waals surface area contributed by atoms with Crippen LogP contribution in [0.5, 0.6) is 0 Å². The molecule has 0 saturated heterocycles. The molecule has 0 fully saturated rings. The Morgan fingerprint density at radius 2 is 2.24 bits per heavy atom. The lowest BCUT2D eigenvalue weighted by Crippen LogP contribution is -2.36. The molecule has 0 saturated carbocycles. The van der Waals surface area contributed by atoms with Crippen molar-refractivity contribution < 1.29 is 9.53 Å². The summed E-state index contributed by atoms with van der Waals surface area (Å²) in [6.45, 7) is 4.49. The summed E-state index contributed by atoms with van der Waals surface area (Å²) in [7, 11) is 1.64. The number of ether oxygens (including phenoxy) is 1. The molecule has 0 bridgehead atoms. The maximum atomic E-state index is 11.8. The number of hydrogen-bond donors (Lipinski definition) is 0. The molecule has 0 aliphatic carbocycles. The fraction of sp³-hybridized carbons (Fsp3) is 0.545. The number of carbonyl (C=O) groups is 1. The van der Waals surface area contributed by atoms with Gasteiger partial charge in [0.25, 0.3) is 5.56 Å². The molecule has 0 radical (unpaired) electrons. The Kier molecular flexibility index (Phi) is 4.68. The third kappa shape index (κ3) is 3.30. The molecule has 94 valence electrons. The first-order valence-electron chi connectivity index (χ1n) is 5.52. The summed E-state index contributed by atoms with van der Waals surface area (Å²) in [5, 5.41) is 0. The van der Waals surface area contributed by atoms with Crippen LogP contribution in [0.3, 0.4) is 0 Å². The van der Waals surface area contributed by atoms with Gasteiger partial charge in [0.05, 0.1) is 6.61 Å². The van der Waals surface area contributed by atoms with Gasteiger partial charge in [-0.3, -0.25) is 9.59 Å². The molecule has 6 heteroatoms. The van der Waals surface area contributed by atoms with Crippen LogP contribution in [0.2, 0.25) is 0 Å². The number of anilines is 1. The molecule has 0 unspecified atom stereocenters. The molecule has 0 spiro atoms. The van der Waals surface area contributed by atoms with Crippen molar-refractivity contribution >= 4 is 11.8 Å². The van der Waals surface area contributed by atoms with E-state index in [1.165, 1.54) is 10.8 Å². The summed E-state index contributed by atoms with van der Waals surface area (Å²) in [5.74, 6) is -0.0902. The molecule has 0 aliphatic heterocycles. The number of aryl methyl sites for hydroxylation is 1. The molecule has 0 N–H and O–H groups in total. The van der Waals surface area contributed by atoms with E-state index >= 15 is 0 Å². The fourth-order valence-corrected chi connectivity index (χ4v) is 1.40. The van der Waals surface area contributed by atoms with Gasteiger partial charge in [-0.15, -0.1) is 0 Å². The van der Waals surface area contributed by atoms with Crippen LogP contribution in [0.1, 0.15) is 13.8 Å². The van der Waals surface area contributed by atoms with E-state index in [9.17, 15) is 9.59 Å². The zero-order valence-corrected chi connectivity index (χ0v) is 10.3. The largest absolute Gasteiger partial charge is 0.465 e.